The fourth-order valence-electron chi connectivity index (χ4n) is 0.450. The molecule has 0 unspecified atom stereocenters. The van der Waals surface area contributed by atoms with Crippen LogP contribution in [0.5, 0.6) is 0 Å². The Morgan fingerprint density at radius 3 is 0.417 bits per heavy atom. The van der Waals surface area contributed by atoms with Gasteiger partial charge in [0.25, 0.3) is 0 Å². The summed E-state index contributed by atoms with van der Waals surface area (Å²) in [5, 5.41) is 75.1. The van der Waals surface area contributed by atoms with Crippen LogP contribution in [0, 0.1) is 0 Å². The summed E-state index contributed by atoms with van der Waals surface area (Å²) < 4.78 is 0. The van der Waals surface area contributed by atoms with Crippen molar-refractivity contribution >= 4 is 0 Å². The largest absolute Gasteiger partial charge is 0.394 e. The minimum atomic E-state index is -1.21. The molecule has 0 rings (SSSR count). The molecular formula is C12H33N3O9. The summed E-state index contributed by atoms with van der Waals surface area (Å²) >= 11 is 0. The van der Waals surface area contributed by atoms with Gasteiger partial charge >= 0.3 is 0 Å². The van der Waals surface area contributed by atoms with Gasteiger partial charge in [-0.2, -0.15) is 0 Å². The third-order valence-electron chi connectivity index (χ3n) is 2.83. The lowest BCUT2D eigenvalue weighted by Crippen LogP contribution is -2.50. The maximum Gasteiger partial charge on any atom is 0.0856 e. The molecule has 15 N–H and O–H groups in total. The number of rotatable bonds is 9. The lowest BCUT2D eigenvalue weighted by atomic mass is 10.1. The van der Waals surface area contributed by atoms with Crippen molar-refractivity contribution in [2.45, 2.75) is 16.6 Å². The summed E-state index contributed by atoms with van der Waals surface area (Å²) in [6, 6.07) is 0. The Balaban J connectivity index is -0.000000276. The van der Waals surface area contributed by atoms with E-state index in [1.807, 2.05) is 0 Å². The van der Waals surface area contributed by atoms with E-state index in [0.29, 0.717) is 0 Å². The van der Waals surface area contributed by atoms with Gasteiger partial charge in [0, 0.05) is 0 Å². The van der Waals surface area contributed by atoms with Crippen molar-refractivity contribution in [2.75, 3.05) is 59.5 Å². The van der Waals surface area contributed by atoms with Gasteiger partial charge in [0.1, 0.15) is 0 Å². The first-order chi connectivity index (χ1) is 11.0. The molecule has 0 aliphatic rings. The van der Waals surface area contributed by atoms with Gasteiger partial charge in [-0.3, -0.25) is 0 Å². The van der Waals surface area contributed by atoms with Gasteiger partial charge in [-0.05, 0) is 0 Å². The Bertz CT molecular complexity index is 205. The second-order valence-corrected chi connectivity index (χ2v) is 5.51. The van der Waals surface area contributed by atoms with Gasteiger partial charge in [0.2, 0.25) is 0 Å². The molecule has 0 amide bonds. The van der Waals surface area contributed by atoms with Gasteiger partial charge in [-0.15, -0.1) is 0 Å². The molecule has 0 aliphatic carbocycles. The van der Waals surface area contributed by atoms with Crippen LogP contribution < -0.4 is 17.2 Å². The highest BCUT2D eigenvalue weighted by atomic mass is 16.3. The van der Waals surface area contributed by atoms with Crippen molar-refractivity contribution < 1.29 is 46.0 Å². The normalized spacial score (nSPS) is 12.0. The molecule has 0 fully saturated rings. The van der Waals surface area contributed by atoms with E-state index in [1.54, 1.807) is 0 Å². The summed E-state index contributed by atoms with van der Waals surface area (Å²) in [4.78, 5) is 0. The van der Waals surface area contributed by atoms with E-state index in [0.717, 1.165) is 0 Å². The monoisotopic (exact) mass is 363 g/mol. The molecule has 0 aromatic heterocycles. The summed E-state index contributed by atoms with van der Waals surface area (Å²) in [6.45, 7) is -3.62. The molecule has 12 nitrogen and oxygen atoms in total. The zero-order valence-corrected chi connectivity index (χ0v) is 13.6. The quantitative estimate of drug-likeness (QED) is 0.182. The highest BCUT2D eigenvalue weighted by molar-refractivity contribution is 4.81. The molecule has 0 saturated carbocycles. The van der Waals surface area contributed by atoms with Crippen molar-refractivity contribution in [2.24, 2.45) is 17.2 Å². The van der Waals surface area contributed by atoms with E-state index in [4.69, 9.17) is 63.2 Å². The van der Waals surface area contributed by atoms with Crippen molar-refractivity contribution in [3.8, 4) is 0 Å². The number of aliphatic hydroxyl groups is 9. The first-order valence-corrected chi connectivity index (χ1v) is 6.89. The highest BCUT2D eigenvalue weighted by Gasteiger charge is 2.21. The lowest BCUT2D eigenvalue weighted by Gasteiger charge is -2.20. The van der Waals surface area contributed by atoms with Gasteiger partial charge in [0.15, 0.2) is 0 Å². The van der Waals surface area contributed by atoms with Crippen LogP contribution in [0.2, 0.25) is 0 Å². The van der Waals surface area contributed by atoms with Gasteiger partial charge in [-0.25, -0.2) is 0 Å². The van der Waals surface area contributed by atoms with Crippen LogP contribution in [0.1, 0.15) is 0 Å². The van der Waals surface area contributed by atoms with E-state index in [1.165, 1.54) is 0 Å². The summed E-state index contributed by atoms with van der Waals surface area (Å²) in [5.41, 5.74) is 11.8. The molecule has 0 spiro atoms. The fraction of sp³-hybridized carbons (Fsp3) is 1.00. The topological polar surface area (TPSA) is 260 Å². The lowest BCUT2D eigenvalue weighted by molar-refractivity contribution is 0.0695. The Morgan fingerprint density at radius 2 is 0.417 bits per heavy atom. The number of aliphatic hydroxyl groups excluding tert-OH is 9. The van der Waals surface area contributed by atoms with Crippen LogP contribution in [0.15, 0.2) is 0 Å². The molecule has 12 heteroatoms. The average Bonchev–Trinajstić information content (AvgIpc) is 2.67. The first kappa shape index (κ1) is 28.3. The molecule has 0 bridgehead atoms. The third kappa shape index (κ3) is 12.9. The van der Waals surface area contributed by atoms with Crippen LogP contribution in [0.4, 0.5) is 0 Å². The number of nitrogens with two attached hydrogens (primary N) is 3. The second kappa shape index (κ2) is 14.8. The molecule has 24 heavy (non-hydrogen) atoms. The smallest absolute Gasteiger partial charge is 0.0856 e. The predicted molar refractivity (Wildman–Crippen MR) is 84.5 cm³/mol. The molecule has 0 aromatic rings. The number of hydrogen-bond acceptors (Lipinski definition) is 12. The molecule has 0 aliphatic heterocycles. The van der Waals surface area contributed by atoms with Crippen molar-refractivity contribution in [1.82, 2.24) is 0 Å². The maximum absolute atomic E-state index is 8.34. The van der Waals surface area contributed by atoms with E-state index < -0.39 is 76.1 Å². The molecule has 0 atom stereocenters. The Morgan fingerprint density at radius 1 is 0.333 bits per heavy atom. The average molecular weight is 363 g/mol. The van der Waals surface area contributed by atoms with Crippen molar-refractivity contribution in [3.63, 3.8) is 0 Å². The van der Waals surface area contributed by atoms with Crippen LogP contribution in [0.25, 0.3) is 0 Å². The Kier molecular flexibility index (Phi) is 17.5. The molecule has 150 valence electrons. The van der Waals surface area contributed by atoms with Crippen LogP contribution in [-0.2, 0) is 0 Å². The fourth-order valence-corrected chi connectivity index (χ4v) is 0.450. The van der Waals surface area contributed by atoms with Crippen molar-refractivity contribution in [3.05, 3.63) is 0 Å². The molecule has 0 saturated heterocycles. The zero-order chi connectivity index (χ0) is 19.9. The van der Waals surface area contributed by atoms with Gasteiger partial charge in [0.05, 0.1) is 76.1 Å². The molecule has 0 heterocycles. The minimum absolute atomic E-state index is 0.403. The molecular weight excluding hydrogens is 330 g/mol. The minimum Gasteiger partial charge on any atom is -0.394 e. The molecule has 0 aromatic carbocycles. The summed E-state index contributed by atoms with van der Waals surface area (Å²) in [6.07, 6.45) is 0. The zero-order valence-electron chi connectivity index (χ0n) is 13.6. The van der Waals surface area contributed by atoms with E-state index in [-0.39, 0.29) is 0 Å². The highest BCUT2D eigenvalue weighted by Crippen LogP contribution is 1.94. The van der Waals surface area contributed by atoms with Crippen molar-refractivity contribution in [1.29, 1.82) is 0 Å². The maximum atomic E-state index is 8.34. The summed E-state index contributed by atoms with van der Waals surface area (Å²) in [5.74, 6) is 0. The van der Waals surface area contributed by atoms with Crippen LogP contribution in [0.3, 0.4) is 0 Å². The van der Waals surface area contributed by atoms with E-state index >= 15 is 0 Å². The Labute approximate surface area is 140 Å². The SMILES string of the molecule is NC(CO)(CO)CO.NC(CO)(CO)CO.NC(CO)(CO)CO. The van der Waals surface area contributed by atoms with Crippen LogP contribution in [-0.4, -0.2) is 122 Å². The van der Waals surface area contributed by atoms with Gasteiger partial charge in [-0.1, -0.05) is 0 Å². The second-order valence-electron chi connectivity index (χ2n) is 5.51. The van der Waals surface area contributed by atoms with E-state index in [2.05, 4.69) is 0 Å². The standard InChI is InChI=1S/3C4H11NO3/c3*5-4(1-6,2-7)3-8/h3*6-8H,1-3,5H2. The van der Waals surface area contributed by atoms with E-state index in [9.17, 15) is 0 Å². The third-order valence-corrected chi connectivity index (χ3v) is 2.83. The van der Waals surface area contributed by atoms with Crippen LogP contribution >= 0.6 is 0 Å². The number of hydrogen-bond donors (Lipinski definition) is 12. The van der Waals surface area contributed by atoms with Gasteiger partial charge < -0.3 is 63.2 Å². The summed E-state index contributed by atoms with van der Waals surface area (Å²) in [7, 11) is 0. The first-order valence-electron chi connectivity index (χ1n) is 6.89. The molecule has 0 radical (unpaired) electrons. The Hall–Kier alpha value is -0.480. The predicted octanol–water partition coefficient (Wildman–Crippen LogP) is -7.02.